The molecule has 0 saturated carbocycles. The van der Waals surface area contributed by atoms with E-state index >= 15 is 0 Å². The fourth-order valence-corrected chi connectivity index (χ4v) is 3.38. The molecule has 0 radical (unpaired) electrons. The Labute approximate surface area is 193 Å². The summed E-state index contributed by atoms with van der Waals surface area (Å²) in [5.74, 6) is -2.64. The smallest absolute Gasteiger partial charge is 0.335 e. The summed E-state index contributed by atoms with van der Waals surface area (Å²) in [6.07, 6.45) is -11.9. The van der Waals surface area contributed by atoms with Crippen LogP contribution < -0.4 is 5.32 Å². The number of ether oxygens (including phenoxy) is 2. The van der Waals surface area contributed by atoms with Crippen LogP contribution in [0, 0.1) is 0 Å². The van der Waals surface area contributed by atoms with Crippen LogP contribution >= 0.6 is 11.6 Å². The predicted molar refractivity (Wildman–Crippen MR) is 111 cm³/mol. The topological polar surface area (TPSA) is 158 Å². The third-order valence-corrected chi connectivity index (χ3v) is 5.01. The molecule has 10 nitrogen and oxygen atoms in total. The van der Waals surface area contributed by atoms with Gasteiger partial charge in [0.2, 0.25) is 6.23 Å². The van der Waals surface area contributed by atoms with E-state index < -0.39 is 79.0 Å². The van der Waals surface area contributed by atoms with Crippen LogP contribution in [0.1, 0.15) is 18.0 Å². The third kappa shape index (κ3) is 4.24. The van der Waals surface area contributed by atoms with E-state index in [9.17, 15) is 30.0 Å². The van der Waals surface area contributed by atoms with Crippen LogP contribution in [0.25, 0.3) is 0 Å². The number of carbonyl (C=O) groups excluding carboxylic acids is 1. The second-order valence-electron chi connectivity index (χ2n) is 6.88. The van der Waals surface area contributed by atoms with Gasteiger partial charge in [-0.3, -0.25) is 4.79 Å². The standard InChI is InChI=1S/C21H19ClN2O8/c22-10-6-7-12-11(8-10)13(9-4-2-1-3-5-9)24-19(18(28)23-12)32-21-16(27)14(25)15(26)17(31-21)20(29)30/h1-8,14-17,19,21,25-27H,(H,23,28)(H,29,30)/t14-,15-,16+,17-,19?,21-/m0/s1/i1D,2D,3D,4D,5D. The number of hydrogen-bond donors (Lipinski definition) is 5. The van der Waals surface area contributed by atoms with Crippen LogP contribution in [0.2, 0.25) is 5.02 Å². The van der Waals surface area contributed by atoms with E-state index in [1.54, 1.807) is 0 Å². The molecular formula is C21H19ClN2O8. The van der Waals surface area contributed by atoms with Crippen molar-refractivity contribution in [1.29, 1.82) is 0 Å². The van der Waals surface area contributed by atoms with Crippen LogP contribution in [-0.4, -0.2) is 74.9 Å². The van der Waals surface area contributed by atoms with E-state index in [4.69, 9.17) is 27.9 Å². The molecule has 6 atom stereocenters. The second kappa shape index (κ2) is 8.94. The van der Waals surface area contributed by atoms with Gasteiger partial charge in [0.15, 0.2) is 12.4 Å². The Morgan fingerprint density at radius 3 is 2.56 bits per heavy atom. The summed E-state index contributed by atoms with van der Waals surface area (Å²) in [4.78, 5) is 28.6. The molecule has 32 heavy (non-hydrogen) atoms. The molecule has 2 aliphatic rings. The molecule has 168 valence electrons. The maximum atomic E-state index is 13.0. The minimum Gasteiger partial charge on any atom is -0.479 e. The second-order valence-corrected chi connectivity index (χ2v) is 7.32. The Balaban J connectivity index is 1.86. The van der Waals surface area contributed by atoms with Crippen molar-refractivity contribution in [2.75, 3.05) is 5.32 Å². The first-order valence-electron chi connectivity index (χ1n) is 11.7. The number of aliphatic imine (C=N–C) groups is 1. The van der Waals surface area contributed by atoms with E-state index in [0.717, 1.165) is 0 Å². The van der Waals surface area contributed by atoms with E-state index in [0.29, 0.717) is 0 Å². The number of amides is 1. The summed E-state index contributed by atoms with van der Waals surface area (Å²) in [6.45, 7) is 0. The molecule has 2 heterocycles. The van der Waals surface area contributed by atoms with Crippen LogP contribution in [0.5, 0.6) is 0 Å². The van der Waals surface area contributed by atoms with Crippen LogP contribution in [0.15, 0.2) is 53.4 Å². The molecule has 11 heteroatoms. The molecule has 0 aromatic heterocycles. The van der Waals surface area contributed by atoms with Crippen LogP contribution in [0.3, 0.4) is 0 Å². The molecule has 0 aliphatic carbocycles. The zero-order valence-electron chi connectivity index (χ0n) is 20.9. The van der Waals surface area contributed by atoms with E-state index in [2.05, 4.69) is 10.3 Å². The highest BCUT2D eigenvalue weighted by Crippen LogP contribution is 2.29. The van der Waals surface area contributed by atoms with Gasteiger partial charge in [-0.1, -0.05) is 41.8 Å². The summed E-state index contributed by atoms with van der Waals surface area (Å²) in [7, 11) is 0. The lowest BCUT2D eigenvalue weighted by molar-refractivity contribution is -0.300. The fraction of sp³-hybridized carbons (Fsp3) is 0.286. The van der Waals surface area contributed by atoms with Crippen molar-refractivity contribution < 1.29 is 46.3 Å². The first-order chi connectivity index (χ1) is 17.3. The molecule has 2 aromatic rings. The Morgan fingerprint density at radius 1 is 1.16 bits per heavy atom. The number of nitrogens with one attached hydrogen (secondary N) is 1. The molecule has 1 unspecified atom stereocenters. The van der Waals surface area contributed by atoms with Gasteiger partial charge >= 0.3 is 5.97 Å². The van der Waals surface area contributed by atoms with Gasteiger partial charge in [0.05, 0.1) is 18.3 Å². The van der Waals surface area contributed by atoms with E-state index in [-0.39, 0.29) is 27.5 Å². The molecule has 2 aliphatic heterocycles. The largest absolute Gasteiger partial charge is 0.479 e. The molecule has 2 aromatic carbocycles. The lowest BCUT2D eigenvalue weighted by atomic mass is 9.99. The van der Waals surface area contributed by atoms with Gasteiger partial charge in [0, 0.05) is 16.1 Å². The number of carboxylic acid groups (broad SMARTS) is 1. The van der Waals surface area contributed by atoms with Crippen molar-refractivity contribution in [3.63, 3.8) is 0 Å². The lowest BCUT2D eigenvalue weighted by Gasteiger charge is -2.39. The van der Waals surface area contributed by atoms with Crippen molar-refractivity contribution in [3.8, 4) is 0 Å². The average Bonchev–Trinajstić information content (AvgIpc) is 2.98. The SMILES string of the molecule is [2H]c1c([2H])c([2H])c(C2=NC(O[C@@H]3O[C@H](C(=O)O)[C@@H](O)[C@H](O)[C@H]3O)C(=O)Nc3ccc(Cl)cc32)c([2H])c1[2H]. The minimum atomic E-state index is -2.02. The monoisotopic (exact) mass is 467 g/mol. The van der Waals surface area contributed by atoms with Crippen molar-refractivity contribution in [1.82, 2.24) is 0 Å². The molecule has 4 rings (SSSR count). The summed E-state index contributed by atoms with van der Waals surface area (Å²) >= 11 is 6.12. The molecule has 1 fully saturated rings. The van der Waals surface area contributed by atoms with Gasteiger partial charge in [0.25, 0.3) is 5.91 Å². The Kier molecular flexibility index (Phi) is 4.68. The third-order valence-electron chi connectivity index (χ3n) is 4.78. The minimum absolute atomic E-state index is 0.0782. The van der Waals surface area contributed by atoms with Crippen molar-refractivity contribution in [3.05, 3.63) is 64.6 Å². The fourth-order valence-electron chi connectivity index (χ4n) is 3.21. The van der Waals surface area contributed by atoms with Gasteiger partial charge in [-0.2, -0.15) is 0 Å². The lowest BCUT2D eigenvalue weighted by Crippen LogP contribution is -2.61. The van der Waals surface area contributed by atoms with Gasteiger partial charge in [-0.05, 0) is 18.2 Å². The number of nitrogens with zero attached hydrogens (tertiary/aromatic N) is 1. The predicted octanol–water partition coefficient (Wildman–Crippen LogP) is 0.364. The average molecular weight is 468 g/mol. The van der Waals surface area contributed by atoms with Crippen molar-refractivity contribution in [2.24, 2.45) is 4.99 Å². The number of carbonyl (C=O) groups is 2. The quantitative estimate of drug-likeness (QED) is 0.431. The molecule has 1 saturated heterocycles. The molecule has 0 spiro atoms. The van der Waals surface area contributed by atoms with Crippen molar-refractivity contribution in [2.45, 2.75) is 36.9 Å². The highest BCUT2D eigenvalue weighted by molar-refractivity contribution is 6.32. The molecule has 5 N–H and O–H groups in total. The Bertz CT molecular complexity index is 1300. The van der Waals surface area contributed by atoms with Crippen LogP contribution in [-0.2, 0) is 19.1 Å². The number of aliphatic carboxylic acids is 1. The van der Waals surface area contributed by atoms with Gasteiger partial charge in [-0.25, -0.2) is 9.79 Å². The maximum absolute atomic E-state index is 13.0. The number of aliphatic hydroxyl groups excluding tert-OH is 3. The first-order valence-corrected chi connectivity index (χ1v) is 9.55. The summed E-state index contributed by atoms with van der Waals surface area (Å²) in [5, 5.41) is 42.2. The molecular weight excluding hydrogens is 444 g/mol. The Morgan fingerprint density at radius 2 is 1.88 bits per heavy atom. The summed E-state index contributed by atoms with van der Waals surface area (Å²) < 4.78 is 51.0. The zero-order valence-corrected chi connectivity index (χ0v) is 16.7. The zero-order chi connectivity index (χ0) is 27.3. The molecule has 0 bridgehead atoms. The number of benzene rings is 2. The Hall–Kier alpha value is -2.86. The van der Waals surface area contributed by atoms with Crippen LogP contribution in [0.4, 0.5) is 5.69 Å². The normalized spacial score (nSPS) is 32.2. The van der Waals surface area contributed by atoms with Gasteiger partial charge in [0.1, 0.15) is 18.3 Å². The number of halogens is 1. The van der Waals surface area contributed by atoms with Gasteiger partial charge in [-0.15, -0.1) is 0 Å². The number of fused-ring (bicyclic) bond motifs is 1. The number of carboxylic acids is 1. The van der Waals surface area contributed by atoms with Gasteiger partial charge < -0.3 is 35.2 Å². The highest BCUT2D eigenvalue weighted by atomic mass is 35.5. The van der Waals surface area contributed by atoms with Crippen molar-refractivity contribution >= 4 is 34.9 Å². The summed E-state index contributed by atoms with van der Waals surface area (Å²) in [6, 6.07) is 0.870. The summed E-state index contributed by atoms with van der Waals surface area (Å²) in [5.41, 5.74) is -0.508. The number of anilines is 1. The van der Waals surface area contributed by atoms with E-state index in [1.165, 1.54) is 18.2 Å². The number of rotatable bonds is 4. The number of hydrogen-bond acceptors (Lipinski definition) is 8. The highest BCUT2D eigenvalue weighted by Gasteiger charge is 2.48. The maximum Gasteiger partial charge on any atom is 0.335 e. The number of aliphatic hydroxyl groups is 3. The molecule has 1 amide bonds. The van der Waals surface area contributed by atoms with E-state index in [1.807, 2.05) is 0 Å². The first kappa shape index (κ1) is 16.7. The number of benzodiazepines with no additional fused rings is 1.